The molecule has 0 aromatic carbocycles. The molecule has 1 atom stereocenters. The molecule has 0 N–H and O–H groups in total. The van der Waals surface area contributed by atoms with Gasteiger partial charge in [0, 0.05) is 0 Å². The zero-order chi connectivity index (χ0) is 10.2. The van der Waals surface area contributed by atoms with Crippen LogP contribution < -0.4 is 0 Å². The summed E-state index contributed by atoms with van der Waals surface area (Å²) in [6.07, 6.45) is 2.44. The summed E-state index contributed by atoms with van der Waals surface area (Å²) in [5, 5.41) is 0. The normalized spacial score (nSPS) is 26.9. The highest BCUT2D eigenvalue weighted by Crippen LogP contribution is 2.38. The second kappa shape index (κ2) is 3.09. The molecule has 0 bridgehead atoms. The number of ketones is 2. The smallest absolute Gasteiger partial charge is 0.166 e. The maximum atomic E-state index is 11.6. The van der Waals surface area contributed by atoms with Crippen molar-refractivity contribution in [2.45, 2.75) is 34.1 Å². The Bertz CT molecular complexity index is 284. The molecule has 1 aliphatic rings. The Morgan fingerprint density at radius 2 is 2.08 bits per heavy atom. The van der Waals surface area contributed by atoms with E-state index in [1.165, 1.54) is 6.92 Å². The van der Waals surface area contributed by atoms with Gasteiger partial charge in [-0.1, -0.05) is 19.4 Å². The second-order valence-electron chi connectivity index (χ2n) is 4.60. The maximum Gasteiger partial charge on any atom is 0.166 e. The summed E-state index contributed by atoms with van der Waals surface area (Å²) in [5.74, 6) is -0.476. The van der Waals surface area contributed by atoms with Gasteiger partial charge in [-0.05, 0) is 31.8 Å². The molecule has 0 radical (unpaired) electrons. The van der Waals surface area contributed by atoms with Crippen LogP contribution in [0.3, 0.4) is 0 Å². The number of carbonyl (C=O) groups is 2. The maximum absolute atomic E-state index is 11.6. The fourth-order valence-electron chi connectivity index (χ4n) is 2.33. The van der Waals surface area contributed by atoms with E-state index >= 15 is 0 Å². The lowest BCUT2D eigenvalue weighted by molar-refractivity contribution is -0.134. The number of hydrogen-bond donors (Lipinski definition) is 0. The number of rotatable bonds is 1. The molecule has 0 saturated heterocycles. The van der Waals surface area contributed by atoms with Gasteiger partial charge in [0.25, 0.3) is 0 Å². The van der Waals surface area contributed by atoms with Crippen LogP contribution in [0.4, 0.5) is 0 Å². The Labute approximate surface area is 79.0 Å². The van der Waals surface area contributed by atoms with Crippen molar-refractivity contribution in [3.05, 3.63) is 11.6 Å². The molecule has 1 rings (SSSR count). The summed E-state index contributed by atoms with van der Waals surface area (Å²) in [4.78, 5) is 22.8. The summed E-state index contributed by atoms with van der Waals surface area (Å²) in [7, 11) is 0. The summed E-state index contributed by atoms with van der Waals surface area (Å²) in [6.45, 7) is 7.40. The van der Waals surface area contributed by atoms with E-state index in [-0.39, 0.29) is 17.0 Å². The van der Waals surface area contributed by atoms with Crippen LogP contribution in [-0.4, -0.2) is 11.6 Å². The SMILES string of the molecule is CC(=O)C1C(=O)C=C(C)CC1(C)C. The summed E-state index contributed by atoms with van der Waals surface area (Å²) < 4.78 is 0. The average molecular weight is 180 g/mol. The van der Waals surface area contributed by atoms with Gasteiger partial charge in [-0.25, -0.2) is 0 Å². The third-order valence-corrected chi connectivity index (χ3v) is 2.60. The first-order valence-electron chi connectivity index (χ1n) is 4.56. The van der Waals surface area contributed by atoms with Crippen LogP contribution in [0.5, 0.6) is 0 Å². The average Bonchev–Trinajstić information content (AvgIpc) is 1.78. The molecule has 0 aliphatic heterocycles. The van der Waals surface area contributed by atoms with Crippen molar-refractivity contribution in [1.82, 2.24) is 0 Å². The molecule has 0 fully saturated rings. The third-order valence-electron chi connectivity index (χ3n) is 2.60. The molecule has 2 heteroatoms. The summed E-state index contributed by atoms with van der Waals surface area (Å²) >= 11 is 0. The van der Waals surface area contributed by atoms with Crippen molar-refractivity contribution in [2.75, 3.05) is 0 Å². The topological polar surface area (TPSA) is 34.1 Å². The predicted octanol–water partition coefficient (Wildman–Crippen LogP) is 2.14. The largest absolute Gasteiger partial charge is 0.299 e. The molecule has 13 heavy (non-hydrogen) atoms. The first kappa shape index (κ1) is 10.2. The van der Waals surface area contributed by atoms with E-state index in [0.29, 0.717) is 0 Å². The van der Waals surface area contributed by atoms with E-state index in [0.717, 1.165) is 12.0 Å². The Hall–Kier alpha value is -0.920. The predicted molar refractivity (Wildman–Crippen MR) is 51.3 cm³/mol. The van der Waals surface area contributed by atoms with Crippen molar-refractivity contribution in [2.24, 2.45) is 11.3 Å². The van der Waals surface area contributed by atoms with Gasteiger partial charge in [-0.3, -0.25) is 9.59 Å². The molecule has 0 spiro atoms. The van der Waals surface area contributed by atoms with Crippen molar-refractivity contribution >= 4 is 11.6 Å². The van der Waals surface area contributed by atoms with Crippen LogP contribution in [0, 0.1) is 11.3 Å². The molecule has 0 heterocycles. The number of hydrogen-bond acceptors (Lipinski definition) is 2. The van der Waals surface area contributed by atoms with E-state index in [2.05, 4.69) is 0 Å². The summed E-state index contributed by atoms with van der Waals surface area (Å²) in [5.41, 5.74) is 0.870. The van der Waals surface area contributed by atoms with Gasteiger partial charge in [0.05, 0.1) is 5.92 Å². The van der Waals surface area contributed by atoms with Gasteiger partial charge in [-0.15, -0.1) is 0 Å². The minimum Gasteiger partial charge on any atom is -0.299 e. The van der Waals surface area contributed by atoms with E-state index < -0.39 is 5.92 Å². The highest BCUT2D eigenvalue weighted by atomic mass is 16.1. The van der Waals surface area contributed by atoms with Crippen LogP contribution in [-0.2, 0) is 9.59 Å². The molecule has 1 aliphatic carbocycles. The van der Waals surface area contributed by atoms with Crippen molar-refractivity contribution in [3.8, 4) is 0 Å². The highest BCUT2D eigenvalue weighted by molar-refractivity contribution is 6.08. The monoisotopic (exact) mass is 180 g/mol. The van der Waals surface area contributed by atoms with Crippen LogP contribution in [0.2, 0.25) is 0 Å². The minimum atomic E-state index is -0.434. The zero-order valence-electron chi connectivity index (χ0n) is 8.68. The molecule has 0 amide bonds. The molecular formula is C11H16O2. The second-order valence-corrected chi connectivity index (χ2v) is 4.60. The summed E-state index contributed by atoms with van der Waals surface area (Å²) in [6, 6.07) is 0. The van der Waals surface area contributed by atoms with Crippen molar-refractivity contribution in [1.29, 1.82) is 0 Å². The Morgan fingerprint density at radius 3 is 2.46 bits per heavy atom. The van der Waals surface area contributed by atoms with Crippen LogP contribution in [0.15, 0.2) is 11.6 Å². The van der Waals surface area contributed by atoms with Crippen molar-refractivity contribution < 1.29 is 9.59 Å². The van der Waals surface area contributed by atoms with Gasteiger partial charge >= 0.3 is 0 Å². The number of carbonyl (C=O) groups excluding carboxylic acids is 2. The molecular weight excluding hydrogens is 164 g/mol. The fraction of sp³-hybridized carbons (Fsp3) is 0.636. The van der Waals surface area contributed by atoms with Gasteiger partial charge < -0.3 is 0 Å². The number of Topliss-reactive ketones (excluding diaryl/α,β-unsaturated/α-hetero) is 1. The third kappa shape index (κ3) is 1.87. The van der Waals surface area contributed by atoms with Gasteiger partial charge in [-0.2, -0.15) is 0 Å². The molecule has 0 aromatic heterocycles. The lowest BCUT2D eigenvalue weighted by Crippen LogP contribution is -2.38. The van der Waals surface area contributed by atoms with E-state index in [1.807, 2.05) is 20.8 Å². The Kier molecular flexibility index (Phi) is 2.42. The van der Waals surface area contributed by atoms with E-state index in [9.17, 15) is 9.59 Å². The molecule has 1 unspecified atom stereocenters. The lowest BCUT2D eigenvalue weighted by atomic mass is 9.67. The van der Waals surface area contributed by atoms with Gasteiger partial charge in [0.1, 0.15) is 5.78 Å². The quantitative estimate of drug-likeness (QED) is 0.579. The van der Waals surface area contributed by atoms with Gasteiger partial charge in [0.15, 0.2) is 5.78 Å². The standard InChI is InChI=1S/C11H16O2/c1-7-5-9(13)10(8(2)12)11(3,4)6-7/h5,10H,6H2,1-4H3. The van der Waals surface area contributed by atoms with Crippen LogP contribution >= 0.6 is 0 Å². The highest BCUT2D eigenvalue weighted by Gasteiger charge is 2.40. The minimum absolute atomic E-state index is 0.0150. The fourth-order valence-corrected chi connectivity index (χ4v) is 2.33. The van der Waals surface area contributed by atoms with Crippen molar-refractivity contribution in [3.63, 3.8) is 0 Å². The van der Waals surface area contributed by atoms with E-state index in [4.69, 9.17) is 0 Å². The Balaban J connectivity index is 3.08. The van der Waals surface area contributed by atoms with E-state index in [1.54, 1.807) is 6.08 Å². The number of allylic oxidation sites excluding steroid dienone is 2. The first-order chi connectivity index (χ1) is 5.84. The van der Waals surface area contributed by atoms with Crippen LogP contribution in [0.25, 0.3) is 0 Å². The zero-order valence-corrected chi connectivity index (χ0v) is 8.68. The lowest BCUT2D eigenvalue weighted by Gasteiger charge is -2.34. The molecule has 0 saturated carbocycles. The molecule has 72 valence electrons. The first-order valence-corrected chi connectivity index (χ1v) is 4.56. The van der Waals surface area contributed by atoms with Gasteiger partial charge in [0.2, 0.25) is 0 Å². The molecule has 0 aromatic rings. The molecule has 2 nitrogen and oxygen atoms in total. The van der Waals surface area contributed by atoms with Crippen LogP contribution in [0.1, 0.15) is 34.1 Å². The Morgan fingerprint density at radius 1 is 1.54 bits per heavy atom.